The standard InChI is InChI=1S/C14H18N2/c1-10-4-5-11(2)13(8-10)6-7-14-12(3)15-9-16-14/h4-5,8-9H,6-7H2,1-3H3,(H,15,16). The number of benzene rings is 1. The number of nitrogens with one attached hydrogen (secondary N) is 1. The van der Waals surface area contributed by atoms with Gasteiger partial charge in [-0.25, -0.2) is 4.98 Å². The molecule has 0 bridgehead atoms. The van der Waals surface area contributed by atoms with Crippen LogP contribution in [0.2, 0.25) is 0 Å². The molecule has 0 saturated carbocycles. The van der Waals surface area contributed by atoms with E-state index >= 15 is 0 Å². The Morgan fingerprint density at radius 1 is 1.12 bits per heavy atom. The van der Waals surface area contributed by atoms with E-state index in [9.17, 15) is 0 Å². The summed E-state index contributed by atoms with van der Waals surface area (Å²) in [5, 5.41) is 0. The van der Waals surface area contributed by atoms with Crippen LogP contribution in [0.4, 0.5) is 0 Å². The molecule has 2 rings (SSSR count). The molecule has 0 aliphatic heterocycles. The van der Waals surface area contributed by atoms with E-state index < -0.39 is 0 Å². The summed E-state index contributed by atoms with van der Waals surface area (Å²) < 4.78 is 0. The minimum absolute atomic E-state index is 1.01. The number of aryl methyl sites for hydroxylation is 5. The van der Waals surface area contributed by atoms with Crippen LogP contribution in [0.15, 0.2) is 24.5 Å². The van der Waals surface area contributed by atoms with Gasteiger partial charge in [0.05, 0.1) is 12.0 Å². The molecule has 0 unspecified atom stereocenters. The summed E-state index contributed by atoms with van der Waals surface area (Å²) in [6.07, 6.45) is 3.85. The van der Waals surface area contributed by atoms with E-state index in [0.717, 1.165) is 12.8 Å². The van der Waals surface area contributed by atoms with Crippen molar-refractivity contribution in [3.63, 3.8) is 0 Å². The molecule has 0 fully saturated rings. The normalized spacial score (nSPS) is 10.7. The van der Waals surface area contributed by atoms with Crippen LogP contribution < -0.4 is 0 Å². The van der Waals surface area contributed by atoms with Gasteiger partial charge in [-0.1, -0.05) is 23.8 Å². The number of aromatic nitrogens is 2. The second-order valence-electron chi connectivity index (χ2n) is 4.40. The number of nitrogens with zero attached hydrogens (tertiary/aromatic N) is 1. The molecular weight excluding hydrogens is 196 g/mol. The number of aromatic amines is 1. The maximum atomic E-state index is 4.33. The molecule has 2 aromatic rings. The Kier molecular flexibility index (Phi) is 3.09. The molecule has 84 valence electrons. The molecule has 16 heavy (non-hydrogen) atoms. The van der Waals surface area contributed by atoms with Crippen molar-refractivity contribution in [2.45, 2.75) is 33.6 Å². The van der Waals surface area contributed by atoms with E-state index in [1.54, 1.807) is 6.33 Å². The molecule has 1 aromatic carbocycles. The number of H-pyrrole nitrogens is 1. The second-order valence-corrected chi connectivity index (χ2v) is 4.40. The van der Waals surface area contributed by atoms with Gasteiger partial charge >= 0.3 is 0 Å². The van der Waals surface area contributed by atoms with Crippen LogP contribution in [0.25, 0.3) is 0 Å². The van der Waals surface area contributed by atoms with Crippen molar-refractivity contribution in [3.8, 4) is 0 Å². The van der Waals surface area contributed by atoms with Crippen LogP contribution >= 0.6 is 0 Å². The molecule has 0 spiro atoms. The Bertz CT molecular complexity index is 483. The molecule has 0 aliphatic carbocycles. The van der Waals surface area contributed by atoms with Crippen molar-refractivity contribution >= 4 is 0 Å². The topological polar surface area (TPSA) is 28.7 Å². The maximum absolute atomic E-state index is 4.33. The fourth-order valence-electron chi connectivity index (χ4n) is 1.96. The van der Waals surface area contributed by atoms with Crippen molar-refractivity contribution in [2.75, 3.05) is 0 Å². The lowest BCUT2D eigenvalue weighted by molar-refractivity contribution is 0.904. The van der Waals surface area contributed by atoms with E-state index in [1.807, 2.05) is 0 Å². The van der Waals surface area contributed by atoms with E-state index in [-0.39, 0.29) is 0 Å². The average molecular weight is 214 g/mol. The highest BCUT2D eigenvalue weighted by molar-refractivity contribution is 5.31. The largest absolute Gasteiger partial charge is 0.348 e. The third-order valence-corrected chi connectivity index (χ3v) is 3.07. The van der Waals surface area contributed by atoms with Crippen molar-refractivity contribution in [2.24, 2.45) is 0 Å². The van der Waals surface area contributed by atoms with Crippen molar-refractivity contribution in [3.05, 3.63) is 52.6 Å². The third-order valence-electron chi connectivity index (χ3n) is 3.07. The molecule has 0 aliphatic rings. The molecular formula is C14H18N2. The Labute approximate surface area is 96.7 Å². The van der Waals surface area contributed by atoms with Crippen LogP contribution in [-0.4, -0.2) is 9.97 Å². The highest BCUT2D eigenvalue weighted by Crippen LogP contribution is 2.14. The van der Waals surface area contributed by atoms with Crippen molar-refractivity contribution < 1.29 is 0 Å². The monoisotopic (exact) mass is 214 g/mol. The predicted octanol–water partition coefficient (Wildman–Crippen LogP) is 3.12. The fourth-order valence-corrected chi connectivity index (χ4v) is 1.96. The molecule has 1 aromatic heterocycles. The molecule has 1 N–H and O–H groups in total. The van der Waals surface area contributed by atoms with Gasteiger partial charge in [0.2, 0.25) is 0 Å². The van der Waals surface area contributed by atoms with E-state index in [2.05, 4.69) is 48.9 Å². The summed E-state index contributed by atoms with van der Waals surface area (Å²) in [4.78, 5) is 7.45. The molecule has 0 atom stereocenters. The second kappa shape index (κ2) is 4.52. The van der Waals surface area contributed by atoms with Gasteiger partial charge in [-0.05, 0) is 44.7 Å². The van der Waals surface area contributed by atoms with Crippen LogP contribution in [-0.2, 0) is 12.8 Å². The highest BCUT2D eigenvalue weighted by Gasteiger charge is 2.03. The SMILES string of the molecule is Cc1ccc(C)c(CCc2nc[nH]c2C)c1. The lowest BCUT2D eigenvalue weighted by Gasteiger charge is -2.06. The number of rotatable bonds is 3. The van der Waals surface area contributed by atoms with Crippen LogP contribution in [0, 0.1) is 20.8 Å². The van der Waals surface area contributed by atoms with Crippen molar-refractivity contribution in [1.82, 2.24) is 9.97 Å². The molecule has 0 amide bonds. The van der Waals surface area contributed by atoms with Crippen LogP contribution in [0.3, 0.4) is 0 Å². The lowest BCUT2D eigenvalue weighted by Crippen LogP contribution is -1.96. The maximum Gasteiger partial charge on any atom is 0.0925 e. The Morgan fingerprint density at radius 3 is 2.62 bits per heavy atom. The fraction of sp³-hybridized carbons (Fsp3) is 0.357. The van der Waals surface area contributed by atoms with E-state index in [0.29, 0.717) is 0 Å². The summed E-state index contributed by atoms with van der Waals surface area (Å²) in [5.41, 5.74) is 6.51. The summed E-state index contributed by atoms with van der Waals surface area (Å²) >= 11 is 0. The summed E-state index contributed by atoms with van der Waals surface area (Å²) in [6.45, 7) is 6.39. The Hall–Kier alpha value is -1.57. The third kappa shape index (κ3) is 2.32. The minimum Gasteiger partial charge on any atom is -0.348 e. The van der Waals surface area contributed by atoms with Gasteiger partial charge in [0, 0.05) is 5.69 Å². The van der Waals surface area contributed by atoms with Gasteiger partial charge in [-0.2, -0.15) is 0 Å². The van der Waals surface area contributed by atoms with E-state index in [1.165, 1.54) is 28.1 Å². The van der Waals surface area contributed by atoms with Gasteiger partial charge in [-0.15, -0.1) is 0 Å². The zero-order chi connectivity index (χ0) is 11.5. The number of imidazole rings is 1. The van der Waals surface area contributed by atoms with Gasteiger partial charge in [0.15, 0.2) is 0 Å². The Balaban J connectivity index is 2.10. The number of hydrogen-bond acceptors (Lipinski definition) is 1. The van der Waals surface area contributed by atoms with Gasteiger partial charge in [-0.3, -0.25) is 0 Å². The first-order valence-electron chi connectivity index (χ1n) is 5.72. The summed E-state index contributed by atoms with van der Waals surface area (Å²) in [5.74, 6) is 0. The van der Waals surface area contributed by atoms with Gasteiger partial charge in [0.25, 0.3) is 0 Å². The van der Waals surface area contributed by atoms with Crippen LogP contribution in [0.1, 0.15) is 28.1 Å². The molecule has 1 heterocycles. The molecule has 0 saturated heterocycles. The van der Waals surface area contributed by atoms with E-state index in [4.69, 9.17) is 0 Å². The quantitative estimate of drug-likeness (QED) is 0.835. The summed E-state index contributed by atoms with van der Waals surface area (Å²) in [7, 11) is 0. The Morgan fingerprint density at radius 2 is 1.94 bits per heavy atom. The zero-order valence-electron chi connectivity index (χ0n) is 10.2. The minimum atomic E-state index is 1.01. The molecule has 0 radical (unpaired) electrons. The first-order chi connectivity index (χ1) is 7.66. The smallest absolute Gasteiger partial charge is 0.0925 e. The highest BCUT2D eigenvalue weighted by atomic mass is 14.9. The van der Waals surface area contributed by atoms with Crippen LogP contribution in [0.5, 0.6) is 0 Å². The first kappa shape index (κ1) is 10.9. The zero-order valence-corrected chi connectivity index (χ0v) is 10.2. The van der Waals surface area contributed by atoms with Gasteiger partial charge < -0.3 is 4.98 Å². The molecule has 2 heteroatoms. The summed E-state index contributed by atoms with van der Waals surface area (Å²) in [6, 6.07) is 6.64. The average Bonchev–Trinajstić information content (AvgIpc) is 2.66. The van der Waals surface area contributed by atoms with Gasteiger partial charge in [0.1, 0.15) is 0 Å². The lowest BCUT2D eigenvalue weighted by atomic mass is 10.0. The first-order valence-corrected chi connectivity index (χ1v) is 5.72. The van der Waals surface area contributed by atoms with Crippen molar-refractivity contribution in [1.29, 1.82) is 0 Å². The molecule has 2 nitrogen and oxygen atoms in total. The predicted molar refractivity (Wildman–Crippen MR) is 66.6 cm³/mol. The number of hydrogen-bond donors (Lipinski definition) is 1.